The summed E-state index contributed by atoms with van der Waals surface area (Å²) < 4.78 is 33.2. The predicted octanol–water partition coefficient (Wildman–Crippen LogP) is 3.25. The number of nitrogens with one attached hydrogen (secondary N) is 3. The van der Waals surface area contributed by atoms with Crippen molar-refractivity contribution >= 4 is 33.2 Å². The molecule has 0 fully saturated rings. The van der Waals surface area contributed by atoms with E-state index in [1.807, 2.05) is 13.0 Å². The number of amides is 2. The second-order valence-corrected chi connectivity index (χ2v) is 8.37. The number of anilines is 2. The molecule has 0 heterocycles. The molecule has 0 bridgehead atoms. The van der Waals surface area contributed by atoms with Gasteiger partial charge in [-0.2, -0.15) is 0 Å². The number of hydrogen-bond donors (Lipinski definition) is 3. The Morgan fingerprint density at radius 1 is 0.875 bits per heavy atom. The van der Waals surface area contributed by atoms with Crippen molar-refractivity contribution in [3.8, 4) is 5.75 Å². The second kappa shape index (κ2) is 10.5. The average molecular weight is 454 g/mol. The molecule has 3 N–H and O–H groups in total. The Hall–Kier alpha value is -3.85. The average Bonchev–Trinajstić information content (AvgIpc) is 2.79. The van der Waals surface area contributed by atoms with Crippen molar-refractivity contribution in [2.75, 3.05) is 23.2 Å². The summed E-state index contributed by atoms with van der Waals surface area (Å²) in [5, 5.41) is 5.14. The van der Waals surface area contributed by atoms with Gasteiger partial charge in [-0.25, -0.2) is 8.42 Å². The minimum Gasteiger partial charge on any atom is -0.494 e. The zero-order valence-electron chi connectivity index (χ0n) is 17.4. The number of rotatable bonds is 9. The first-order chi connectivity index (χ1) is 15.4. The summed E-state index contributed by atoms with van der Waals surface area (Å²) in [6.45, 7) is 2.11. The third-order valence-corrected chi connectivity index (χ3v) is 5.67. The summed E-state index contributed by atoms with van der Waals surface area (Å²) in [5.74, 6) is -0.331. The van der Waals surface area contributed by atoms with E-state index in [4.69, 9.17) is 4.74 Å². The second-order valence-electron chi connectivity index (χ2n) is 6.69. The molecule has 8 nitrogen and oxygen atoms in total. The van der Waals surface area contributed by atoms with E-state index in [0.717, 1.165) is 0 Å². The molecule has 0 radical (unpaired) electrons. The van der Waals surface area contributed by atoms with E-state index in [0.29, 0.717) is 23.7 Å². The SMILES string of the molecule is CCOc1ccc(NS(=O)(=O)c2cccc(C(=O)NCC(=O)Nc3ccccc3)c2)cc1. The fourth-order valence-electron chi connectivity index (χ4n) is 2.79. The molecule has 0 spiro atoms. The molecule has 0 aliphatic carbocycles. The van der Waals surface area contributed by atoms with Crippen molar-refractivity contribution in [2.45, 2.75) is 11.8 Å². The third-order valence-electron chi connectivity index (χ3n) is 4.29. The molecule has 3 rings (SSSR count). The van der Waals surface area contributed by atoms with Crippen LogP contribution in [0.2, 0.25) is 0 Å². The van der Waals surface area contributed by atoms with Crippen LogP contribution in [0.4, 0.5) is 11.4 Å². The minimum atomic E-state index is -3.92. The lowest BCUT2D eigenvalue weighted by molar-refractivity contribution is -0.115. The van der Waals surface area contributed by atoms with Crippen molar-refractivity contribution in [1.82, 2.24) is 5.32 Å². The lowest BCUT2D eigenvalue weighted by Crippen LogP contribution is -2.33. The number of carbonyl (C=O) groups is 2. The van der Waals surface area contributed by atoms with Crippen LogP contribution >= 0.6 is 0 Å². The molecular formula is C23H23N3O5S. The topological polar surface area (TPSA) is 114 Å². The van der Waals surface area contributed by atoms with Crippen LogP contribution in [0, 0.1) is 0 Å². The quantitative estimate of drug-likeness (QED) is 0.460. The lowest BCUT2D eigenvalue weighted by atomic mass is 10.2. The first kappa shape index (κ1) is 22.8. The van der Waals surface area contributed by atoms with Crippen molar-refractivity contribution in [3.05, 3.63) is 84.4 Å². The smallest absolute Gasteiger partial charge is 0.261 e. The van der Waals surface area contributed by atoms with Crippen LogP contribution in [0.15, 0.2) is 83.8 Å². The van der Waals surface area contributed by atoms with E-state index >= 15 is 0 Å². The normalized spacial score (nSPS) is 10.8. The van der Waals surface area contributed by atoms with E-state index < -0.39 is 21.8 Å². The summed E-state index contributed by atoms with van der Waals surface area (Å²) in [6, 6.07) is 20.9. The molecule has 0 saturated carbocycles. The maximum Gasteiger partial charge on any atom is 0.261 e. The molecule has 2 amide bonds. The Balaban J connectivity index is 1.63. The molecule has 0 saturated heterocycles. The molecule has 0 aliphatic heterocycles. The Morgan fingerprint density at radius 2 is 1.59 bits per heavy atom. The Bertz CT molecular complexity index is 1180. The van der Waals surface area contributed by atoms with Gasteiger partial charge in [-0.3, -0.25) is 14.3 Å². The van der Waals surface area contributed by atoms with Gasteiger partial charge in [0.05, 0.1) is 18.0 Å². The first-order valence-electron chi connectivity index (χ1n) is 9.86. The molecule has 0 aliphatic rings. The van der Waals surface area contributed by atoms with E-state index in [-0.39, 0.29) is 17.0 Å². The summed E-state index contributed by atoms with van der Waals surface area (Å²) >= 11 is 0. The Kier molecular flexibility index (Phi) is 7.45. The number of para-hydroxylation sites is 1. The molecule has 0 unspecified atom stereocenters. The first-order valence-corrected chi connectivity index (χ1v) is 11.3. The highest BCUT2D eigenvalue weighted by Gasteiger charge is 2.17. The van der Waals surface area contributed by atoms with Gasteiger partial charge in [-0.05, 0) is 61.5 Å². The van der Waals surface area contributed by atoms with Gasteiger partial charge >= 0.3 is 0 Å². The highest BCUT2D eigenvalue weighted by molar-refractivity contribution is 7.92. The van der Waals surface area contributed by atoms with Crippen molar-refractivity contribution in [1.29, 1.82) is 0 Å². The van der Waals surface area contributed by atoms with Crippen LogP contribution in [-0.2, 0) is 14.8 Å². The number of carbonyl (C=O) groups excluding carboxylic acids is 2. The van der Waals surface area contributed by atoms with Gasteiger partial charge in [0.2, 0.25) is 5.91 Å². The van der Waals surface area contributed by atoms with Gasteiger partial charge in [0.1, 0.15) is 5.75 Å². The Labute approximate surface area is 186 Å². The lowest BCUT2D eigenvalue weighted by Gasteiger charge is -2.11. The molecule has 0 aromatic heterocycles. The van der Waals surface area contributed by atoms with E-state index in [1.165, 1.54) is 24.3 Å². The molecular weight excluding hydrogens is 430 g/mol. The van der Waals surface area contributed by atoms with Crippen LogP contribution in [0.3, 0.4) is 0 Å². The number of benzene rings is 3. The molecule has 3 aromatic carbocycles. The highest BCUT2D eigenvalue weighted by atomic mass is 32.2. The van der Waals surface area contributed by atoms with Crippen molar-refractivity contribution in [3.63, 3.8) is 0 Å². The molecule has 32 heavy (non-hydrogen) atoms. The number of ether oxygens (including phenoxy) is 1. The number of hydrogen-bond acceptors (Lipinski definition) is 5. The van der Waals surface area contributed by atoms with Crippen LogP contribution in [0.25, 0.3) is 0 Å². The monoisotopic (exact) mass is 453 g/mol. The summed E-state index contributed by atoms with van der Waals surface area (Å²) in [6.07, 6.45) is 0. The summed E-state index contributed by atoms with van der Waals surface area (Å²) in [7, 11) is -3.92. The maximum atomic E-state index is 12.7. The number of sulfonamides is 1. The zero-order valence-corrected chi connectivity index (χ0v) is 18.2. The van der Waals surface area contributed by atoms with Crippen LogP contribution in [-0.4, -0.2) is 33.4 Å². The molecule has 0 atom stereocenters. The minimum absolute atomic E-state index is 0.0761. The fourth-order valence-corrected chi connectivity index (χ4v) is 3.90. The largest absolute Gasteiger partial charge is 0.494 e. The molecule has 9 heteroatoms. The van der Waals surface area contributed by atoms with Gasteiger partial charge in [0.25, 0.3) is 15.9 Å². The van der Waals surface area contributed by atoms with E-state index in [2.05, 4.69) is 15.4 Å². The van der Waals surface area contributed by atoms with Crippen molar-refractivity contribution < 1.29 is 22.7 Å². The van der Waals surface area contributed by atoms with Gasteiger partial charge in [-0.15, -0.1) is 0 Å². The molecule has 3 aromatic rings. The van der Waals surface area contributed by atoms with Gasteiger partial charge in [0, 0.05) is 16.9 Å². The predicted molar refractivity (Wildman–Crippen MR) is 122 cm³/mol. The third kappa shape index (κ3) is 6.32. The highest BCUT2D eigenvalue weighted by Crippen LogP contribution is 2.20. The summed E-state index contributed by atoms with van der Waals surface area (Å²) in [5.41, 5.74) is 1.09. The summed E-state index contributed by atoms with van der Waals surface area (Å²) in [4.78, 5) is 24.3. The zero-order chi connectivity index (χ0) is 23.0. The Morgan fingerprint density at radius 3 is 2.28 bits per heavy atom. The standard InChI is InChI=1S/C23H23N3O5S/c1-2-31-20-13-11-19(12-14-20)26-32(29,30)21-10-6-7-17(15-21)23(28)24-16-22(27)25-18-8-4-3-5-9-18/h3-15,26H,2,16H2,1H3,(H,24,28)(H,25,27). The van der Waals surface area contributed by atoms with E-state index in [9.17, 15) is 18.0 Å². The van der Waals surface area contributed by atoms with Crippen molar-refractivity contribution in [2.24, 2.45) is 0 Å². The van der Waals surface area contributed by atoms with Crippen LogP contribution < -0.4 is 20.1 Å². The van der Waals surface area contributed by atoms with Gasteiger partial charge in [0.15, 0.2) is 0 Å². The fraction of sp³-hybridized carbons (Fsp3) is 0.130. The van der Waals surface area contributed by atoms with Crippen LogP contribution in [0.1, 0.15) is 17.3 Å². The molecule has 166 valence electrons. The van der Waals surface area contributed by atoms with E-state index in [1.54, 1.807) is 48.5 Å². The van der Waals surface area contributed by atoms with Gasteiger partial charge in [-0.1, -0.05) is 24.3 Å². The van der Waals surface area contributed by atoms with Crippen LogP contribution in [0.5, 0.6) is 5.75 Å². The maximum absolute atomic E-state index is 12.7. The van der Waals surface area contributed by atoms with Gasteiger partial charge < -0.3 is 15.4 Å².